The first-order chi connectivity index (χ1) is 18.0. The van der Waals surface area contributed by atoms with E-state index in [9.17, 15) is 4.79 Å². The number of nitrogens with zero attached hydrogens (tertiary/aromatic N) is 3. The number of carbonyl (C=O) groups excluding carboxylic acids is 1. The number of rotatable bonds is 8. The molecule has 0 saturated carbocycles. The van der Waals surface area contributed by atoms with Gasteiger partial charge in [0, 0.05) is 29.2 Å². The fourth-order valence-electron chi connectivity index (χ4n) is 5.03. The van der Waals surface area contributed by atoms with Crippen LogP contribution in [0.15, 0.2) is 76.1 Å². The number of nitrogens with one attached hydrogen (secondary N) is 1. The Balaban J connectivity index is 1.27. The summed E-state index contributed by atoms with van der Waals surface area (Å²) >= 11 is 3.22. The highest BCUT2D eigenvalue weighted by Gasteiger charge is 2.30. The van der Waals surface area contributed by atoms with Crippen LogP contribution in [0.25, 0.3) is 0 Å². The van der Waals surface area contributed by atoms with Gasteiger partial charge in [-0.15, -0.1) is 0 Å². The molecule has 3 heterocycles. The van der Waals surface area contributed by atoms with Crippen molar-refractivity contribution in [2.24, 2.45) is 0 Å². The number of aryl methyl sites for hydroxylation is 3. The fourth-order valence-corrected chi connectivity index (χ4v) is 6.93. The molecule has 2 aromatic carbocycles. The molecule has 0 spiro atoms. The van der Waals surface area contributed by atoms with Gasteiger partial charge in [0.05, 0.1) is 10.4 Å². The monoisotopic (exact) mass is 528 g/mol. The first-order valence-electron chi connectivity index (χ1n) is 12.8. The largest absolute Gasteiger partial charge is 0.336 e. The number of aromatic nitrogens is 2. The molecule has 5 nitrogen and oxygen atoms in total. The third-order valence-electron chi connectivity index (χ3n) is 7.05. The normalized spacial score (nSPS) is 15.2. The zero-order chi connectivity index (χ0) is 25.8. The molecule has 7 heteroatoms. The van der Waals surface area contributed by atoms with Crippen LogP contribution in [0.4, 0.5) is 10.9 Å². The minimum Gasteiger partial charge on any atom is -0.336 e. The molecule has 0 unspecified atom stereocenters. The van der Waals surface area contributed by atoms with Crippen molar-refractivity contribution in [2.45, 2.75) is 61.6 Å². The van der Waals surface area contributed by atoms with Crippen LogP contribution in [0.5, 0.6) is 0 Å². The van der Waals surface area contributed by atoms with E-state index in [1.807, 2.05) is 31.3 Å². The summed E-state index contributed by atoms with van der Waals surface area (Å²) in [6.45, 7) is 7.25. The summed E-state index contributed by atoms with van der Waals surface area (Å²) in [6, 6.07) is 18.7. The maximum Gasteiger partial charge on any atom is 0.254 e. The third-order valence-corrected chi connectivity index (χ3v) is 9.06. The Morgan fingerprint density at radius 1 is 1.05 bits per heavy atom. The van der Waals surface area contributed by atoms with Gasteiger partial charge in [-0.1, -0.05) is 53.4 Å². The van der Waals surface area contributed by atoms with Crippen LogP contribution in [-0.2, 0) is 6.42 Å². The van der Waals surface area contributed by atoms with Gasteiger partial charge < -0.3 is 10.2 Å². The molecule has 190 valence electrons. The third kappa shape index (κ3) is 6.05. The number of likely N-dealkylation sites (tertiary alicyclic amines) is 1. The van der Waals surface area contributed by atoms with Crippen LogP contribution in [0.3, 0.4) is 0 Å². The van der Waals surface area contributed by atoms with Crippen molar-refractivity contribution in [3.63, 3.8) is 0 Å². The summed E-state index contributed by atoms with van der Waals surface area (Å²) in [4.78, 5) is 25.7. The molecule has 1 atom stereocenters. The van der Waals surface area contributed by atoms with Crippen LogP contribution >= 0.6 is 23.1 Å². The van der Waals surface area contributed by atoms with E-state index in [2.05, 4.69) is 70.4 Å². The van der Waals surface area contributed by atoms with Gasteiger partial charge in [0.15, 0.2) is 5.13 Å². The van der Waals surface area contributed by atoms with Crippen molar-refractivity contribution >= 4 is 40.0 Å². The summed E-state index contributed by atoms with van der Waals surface area (Å²) < 4.78 is 1.06. The van der Waals surface area contributed by atoms with E-state index in [1.165, 1.54) is 16.7 Å². The Bertz CT molecular complexity index is 1370. The maximum absolute atomic E-state index is 13.7. The number of hydrogen-bond acceptors (Lipinski definition) is 6. The van der Waals surface area contributed by atoms with Crippen molar-refractivity contribution in [3.05, 3.63) is 94.8 Å². The van der Waals surface area contributed by atoms with Gasteiger partial charge in [-0.05, 0) is 93.0 Å². The molecule has 1 fully saturated rings. The molecule has 1 amide bonds. The van der Waals surface area contributed by atoms with Crippen LogP contribution in [-0.4, -0.2) is 33.4 Å². The molecule has 4 aromatic rings. The number of anilines is 2. The van der Waals surface area contributed by atoms with Crippen molar-refractivity contribution < 1.29 is 4.79 Å². The average Bonchev–Trinajstić information content (AvgIpc) is 3.54. The fraction of sp³-hybridized carbons (Fsp3) is 0.300. The lowest BCUT2D eigenvalue weighted by Crippen LogP contribution is -2.36. The number of carbonyl (C=O) groups is 1. The molecule has 0 bridgehead atoms. The first-order valence-corrected chi connectivity index (χ1v) is 14.4. The smallest absolute Gasteiger partial charge is 0.254 e. The Kier molecular flexibility index (Phi) is 7.91. The molecule has 1 saturated heterocycles. The molecule has 37 heavy (non-hydrogen) atoms. The lowest BCUT2D eigenvalue weighted by Gasteiger charge is -2.26. The maximum atomic E-state index is 13.7. The second kappa shape index (κ2) is 11.5. The van der Waals surface area contributed by atoms with E-state index in [0.717, 1.165) is 63.4 Å². The Morgan fingerprint density at radius 2 is 1.89 bits per heavy atom. The lowest BCUT2D eigenvalue weighted by atomic mass is 9.95. The van der Waals surface area contributed by atoms with Gasteiger partial charge in [-0.2, -0.15) is 0 Å². The summed E-state index contributed by atoms with van der Waals surface area (Å²) in [7, 11) is 0. The highest BCUT2D eigenvalue weighted by molar-refractivity contribution is 8.01. The molecule has 0 aliphatic carbocycles. The number of pyridine rings is 1. The summed E-state index contributed by atoms with van der Waals surface area (Å²) in [5.74, 6) is 0.931. The topological polar surface area (TPSA) is 58.1 Å². The number of thiazole rings is 1. The molecule has 1 aliphatic rings. The Hall–Kier alpha value is -3.16. The predicted molar refractivity (Wildman–Crippen MR) is 153 cm³/mol. The van der Waals surface area contributed by atoms with Crippen LogP contribution in [0, 0.1) is 20.8 Å². The second-order valence-corrected chi connectivity index (χ2v) is 12.0. The second-order valence-electron chi connectivity index (χ2n) is 9.61. The van der Waals surface area contributed by atoms with E-state index in [0.29, 0.717) is 6.04 Å². The molecular weight excluding hydrogens is 496 g/mol. The zero-order valence-corrected chi connectivity index (χ0v) is 23.2. The average molecular weight is 529 g/mol. The molecule has 0 radical (unpaired) electrons. The molecule has 1 aliphatic heterocycles. The van der Waals surface area contributed by atoms with Gasteiger partial charge in [0.2, 0.25) is 0 Å². The van der Waals surface area contributed by atoms with Gasteiger partial charge in [0.25, 0.3) is 5.91 Å². The predicted octanol–water partition coefficient (Wildman–Crippen LogP) is 7.60. The Labute approximate surface area is 227 Å². The Morgan fingerprint density at radius 3 is 2.68 bits per heavy atom. The summed E-state index contributed by atoms with van der Waals surface area (Å²) in [5, 5.41) is 4.04. The summed E-state index contributed by atoms with van der Waals surface area (Å²) in [6.07, 6.45) is 7.80. The van der Waals surface area contributed by atoms with Gasteiger partial charge in [-0.3, -0.25) is 4.79 Å². The van der Waals surface area contributed by atoms with Crippen LogP contribution < -0.4 is 5.32 Å². The first kappa shape index (κ1) is 25.5. The van der Waals surface area contributed by atoms with E-state index < -0.39 is 0 Å². The minimum absolute atomic E-state index is 0.158. The number of hydrogen-bond donors (Lipinski definition) is 1. The van der Waals surface area contributed by atoms with Crippen molar-refractivity contribution in [2.75, 3.05) is 11.9 Å². The quantitative estimate of drug-likeness (QED) is 0.255. The number of benzene rings is 2. The highest BCUT2D eigenvalue weighted by Crippen LogP contribution is 2.36. The van der Waals surface area contributed by atoms with Gasteiger partial charge >= 0.3 is 0 Å². The zero-order valence-electron chi connectivity index (χ0n) is 21.5. The minimum atomic E-state index is 0.158. The molecular formula is C30H32N4OS2. The number of amides is 1. The van der Waals surface area contributed by atoms with Crippen LogP contribution in [0.2, 0.25) is 0 Å². The standard InChI is InChI=1S/C30H32N4OS2/c1-20-8-6-9-21(2)25(20)15-13-23-10-7-17-34(23)29(35)26-18-24(14-12-22(26)3)36-28-19-32-30(37-28)33-27-11-4-5-16-31-27/h4-6,8-9,11-12,14,16,18-19,23H,7,10,13,15,17H2,1-3H3,(H,31,32,33)/t23-/m0/s1. The van der Waals surface area contributed by atoms with Crippen molar-refractivity contribution in [3.8, 4) is 0 Å². The van der Waals surface area contributed by atoms with Gasteiger partial charge in [-0.25, -0.2) is 9.97 Å². The SMILES string of the molecule is Cc1ccc(Sc2cnc(Nc3ccccn3)s2)cc1C(=O)N1CCC[C@H]1CCc1c(C)cccc1C. The highest BCUT2D eigenvalue weighted by atomic mass is 32.2. The molecule has 1 N–H and O–H groups in total. The lowest BCUT2D eigenvalue weighted by molar-refractivity contribution is 0.0729. The van der Waals surface area contributed by atoms with Crippen molar-refractivity contribution in [1.82, 2.24) is 14.9 Å². The van der Waals surface area contributed by atoms with Crippen molar-refractivity contribution in [1.29, 1.82) is 0 Å². The van der Waals surface area contributed by atoms with E-state index in [1.54, 1.807) is 29.3 Å². The van der Waals surface area contributed by atoms with Gasteiger partial charge in [0.1, 0.15) is 5.82 Å². The summed E-state index contributed by atoms with van der Waals surface area (Å²) in [5.41, 5.74) is 5.95. The van der Waals surface area contributed by atoms with E-state index >= 15 is 0 Å². The van der Waals surface area contributed by atoms with E-state index in [-0.39, 0.29) is 5.91 Å². The molecule has 2 aromatic heterocycles. The van der Waals surface area contributed by atoms with Crippen LogP contribution in [0.1, 0.15) is 51.9 Å². The molecule has 5 rings (SSSR count). The van der Waals surface area contributed by atoms with E-state index in [4.69, 9.17) is 0 Å².